The highest BCUT2D eigenvalue weighted by molar-refractivity contribution is 6.46. The molecule has 2 aliphatic rings. The van der Waals surface area contributed by atoms with Gasteiger partial charge in [-0.3, -0.25) is 9.59 Å². The lowest BCUT2D eigenvalue weighted by molar-refractivity contribution is -0.907. The molecule has 7 heteroatoms. The highest BCUT2D eigenvalue weighted by Crippen LogP contribution is 2.39. The van der Waals surface area contributed by atoms with E-state index in [1.165, 1.54) is 15.9 Å². The molecule has 1 atom stereocenters. The van der Waals surface area contributed by atoms with Crippen LogP contribution in [0.1, 0.15) is 22.7 Å². The van der Waals surface area contributed by atoms with Crippen molar-refractivity contribution in [3.63, 3.8) is 0 Å². The summed E-state index contributed by atoms with van der Waals surface area (Å²) in [7, 11) is 0. The van der Waals surface area contributed by atoms with Crippen molar-refractivity contribution < 1.29 is 28.7 Å². The molecule has 0 aliphatic carbocycles. The Morgan fingerprint density at radius 1 is 1.13 bits per heavy atom. The molecule has 2 saturated heterocycles. The second-order valence-corrected chi connectivity index (χ2v) is 7.99. The number of halogens is 1. The summed E-state index contributed by atoms with van der Waals surface area (Å²) in [5.74, 6) is -2.31. The van der Waals surface area contributed by atoms with E-state index in [0.29, 0.717) is 25.3 Å². The summed E-state index contributed by atoms with van der Waals surface area (Å²) in [6.45, 7) is 5.75. The van der Waals surface area contributed by atoms with Gasteiger partial charge in [0.15, 0.2) is 0 Å². The Hall–Kier alpha value is -3.03. The van der Waals surface area contributed by atoms with Crippen LogP contribution in [0.25, 0.3) is 5.76 Å². The first-order valence-electron chi connectivity index (χ1n) is 10.5. The maximum atomic E-state index is 14.8. The third kappa shape index (κ3) is 4.24. The minimum absolute atomic E-state index is 0.0732. The molecule has 2 aliphatic heterocycles. The van der Waals surface area contributed by atoms with E-state index in [0.717, 1.165) is 18.7 Å². The molecular formula is C24H26FN2O4+. The standard InChI is InChI=1S/C24H25FN2O4/c1-16-6-8-17(9-7-16)22(28)20-21(18-4-2-3-5-19(18)25)27(24(30)23(20)29)11-10-26-12-14-31-15-13-26/h2-9,21,28H,10-15H2,1H3/p+1/t21-/m0/s1. The normalized spacial score (nSPS) is 21.6. The lowest BCUT2D eigenvalue weighted by atomic mass is 9.94. The zero-order chi connectivity index (χ0) is 22.0. The number of carbonyl (C=O) groups excluding carboxylic acids is 2. The summed E-state index contributed by atoms with van der Waals surface area (Å²) < 4.78 is 20.2. The lowest BCUT2D eigenvalue weighted by Crippen LogP contribution is -3.14. The molecule has 4 rings (SSSR count). The molecule has 2 aromatic carbocycles. The van der Waals surface area contributed by atoms with Crippen LogP contribution in [0.4, 0.5) is 4.39 Å². The summed E-state index contributed by atoms with van der Waals surface area (Å²) >= 11 is 0. The van der Waals surface area contributed by atoms with E-state index < -0.39 is 23.5 Å². The quantitative estimate of drug-likeness (QED) is 0.433. The largest absolute Gasteiger partial charge is 0.507 e. The zero-order valence-electron chi connectivity index (χ0n) is 17.4. The molecular weight excluding hydrogens is 399 g/mol. The van der Waals surface area contributed by atoms with Crippen molar-refractivity contribution in [1.82, 2.24) is 4.90 Å². The SMILES string of the molecule is Cc1ccc(C(O)=C2C(=O)C(=O)N(CC[NH+]3CCOCC3)[C@H]2c2ccccc2F)cc1. The van der Waals surface area contributed by atoms with E-state index in [9.17, 15) is 19.1 Å². The van der Waals surface area contributed by atoms with Crippen LogP contribution in [0, 0.1) is 12.7 Å². The fourth-order valence-electron chi connectivity index (χ4n) is 4.19. The smallest absolute Gasteiger partial charge is 0.295 e. The number of aliphatic hydroxyl groups excluding tert-OH is 1. The minimum Gasteiger partial charge on any atom is -0.507 e. The number of morpholine rings is 1. The number of Topliss-reactive ketones (excluding diaryl/α,β-unsaturated/α-hetero) is 1. The highest BCUT2D eigenvalue weighted by atomic mass is 19.1. The van der Waals surface area contributed by atoms with Crippen molar-refractivity contribution in [3.05, 3.63) is 76.6 Å². The molecule has 2 N–H and O–H groups in total. The van der Waals surface area contributed by atoms with Gasteiger partial charge >= 0.3 is 0 Å². The molecule has 1 amide bonds. The number of ether oxygens (including phenoxy) is 1. The van der Waals surface area contributed by atoms with Gasteiger partial charge in [-0.05, 0) is 13.0 Å². The van der Waals surface area contributed by atoms with Crippen LogP contribution in [-0.2, 0) is 14.3 Å². The molecule has 0 bridgehead atoms. The minimum atomic E-state index is -0.969. The maximum absolute atomic E-state index is 14.8. The van der Waals surface area contributed by atoms with Gasteiger partial charge in [0.2, 0.25) is 0 Å². The first-order valence-corrected chi connectivity index (χ1v) is 10.5. The number of amides is 1. The van der Waals surface area contributed by atoms with Crippen LogP contribution in [-0.4, -0.2) is 61.1 Å². The molecule has 162 valence electrons. The number of nitrogens with zero attached hydrogens (tertiary/aromatic N) is 1. The molecule has 0 unspecified atom stereocenters. The van der Waals surface area contributed by atoms with Crippen LogP contribution in [0.3, 0.4) is 0 Å². The van der Waals surface area contributed by atoms with Crippen molar-refractivity contribution in [3.8, 4) is 0 Å². The Balaban J connectivity index is 1.75. The Morgan fingerprint density at radius 3 is 2.48 bits per heavy atom. The van der Waals surface area contributed by atoms with Gasteiger partial charge in [-0.25, -0.2) is 4.39 Å². The Labute approximate surface area is 180 Å². The lowest BCUT2D eigenvalue weighted by Gasteiger charge is -2.29. The van der Waals surface area contributed by atoms with E-state index >= 15 is 0 Å². The zero-order valence-corrected chi connectivity index (χ0v) is 17.4. The van der Waals surface area contributed by atoms with Gasteiger partial charge < -0.3 is 19.6 Å². The van der Waals surface area contributed by atoms with E-state index in [1.54, 1.807) is 30.3 Å². The molecule has 2 fully saturated rings. The number of aliphatic hydroxyl groups is 1. The van der Waals surface area contributed by atoms with Crippen molar-refractivity contribution in [2.45, 2.75) is 13.0 Å². The molecule has 2 heterocycles. The number of benzene rings is 2. The third-order valence-corrected chi connectivity index (χ3v) is 5.97. The summed E-state index contributed by atoms with van der Waals surface area (Å²) in [5.41, 5.74) is 1.54. The Bertz CT molecular complexity index is 1010. The number of likely N-dealkylation sites (tertiary alicyclic amines) is 1. The van der Waals surface area contributed by atoms with Gasteiger partial charge in [-0.1, -0.05) is 48.0 Å². The third-order valence-electron chi connectivity index (χ3n) is 5.97. The predicted molar refractivity (Wildman–Crippen MR) is 113 cm³/mol. The summed E-state index contributed by atoms with van der Waals surface area (Å²) in [6.07, 6.45) is 0. The average Bonchev–Trinajstić information content (AvgIpc) is 3.03. The second kappa shape index (κ2) is 8.99. The average molecular weight is 425 g/mol. The van der Waals surface area contributed by atoms with E-state index in [2.05, 4.69) is 0 Å². The van der Waals surface area contributed by atoms with Crippen molar-refractivity contribution in [2.24, 2.45) is 0 Å². The number of aryl methyl sites for hydroxylation is 1. The molecule has 6 nitrogen and oxygen atoms in total. The second-order valence-electron chi connectivity index (χ2n) is 7.99. The first kappa shape index (κ1) is 21.2. The number of rotatable bonds is 5. The van der Waals surface area contributed by atoms with Crippen LogP contribution in [0.15, 0.2) is 54.1 Å². The summed E-state index contributed by atoms with van der Waals surface area (Å²) in [6, 6.07) is 12.1. The summed E-state index contributed by atoms with van der Waals surface area (Å²) in [5, 5.41) is 11.0. The van der Waals surface area contributed by atoms with Crippen molar-refractivity contribution >= 4 is 17.4 Å². The number of quaternary nitrogens is 1. The van der Waals surface area contributed by atoms with E-state index in [1.807, 2.05) is 19.1 Å². The predicted octanol–water partition coefficient (Wildman–Crippen LogP) is 1.47. The van der Waals surface area contributed by atoms with Crippen molar-refractivity contribution in [1.29, 1.82) is 0 Å². The Kier molecular flexibility index (Phi) is 6.15. The van der Waals surface area contributed by atoms with Gasteiger partial charge in [0.05, 0.1) is 37.9 Å². The molecule has 31 heavy (non-hydrogen) atoms. The Morgan fingerprint density at radius 2 is 1.81 bits per heavy atom. The van der Waals surface area contributed by atoms with Gasteiger partial charge in [-0.2, -0.15) is 0 Å². The topological polar surface area (TPSA) is 71.3 Å². The number of ketones is 1. The van der Waals surface area contributed by atoms with Gasteiger partial charge in [0.25, 0.3) is 11.7 Å². The fraction of sp³-hybridized carbons (Fsp3) is 0.333. The van der Waals surface area contributed by atoms with Crippen LogP contribution in [0.5, 0.6) is 0 Å². The van der Waals surface area contributed by atoms with Gasteiger partial charge in [0.1, 0.15) is 24.7 Å². The number of carbonyl (C=O) groups is 2. The van der Waals surface area contributed by atoms with Crippen LogP contribution < -0.4 is 4.90 Å². The molecule has 0 saturated carbocycles. The number of nitrogens with one attached hydrogen (secondary N) is 1. The number of hydrogen-bond acceptors (Lipinski definition) is 4. The van der Waals surface area contributed by atoms with Crippen LogP contribution >= 0.6 is 0 Å². The molecule has 0 radical (unpaired) electrons. The highest BCUT2D eigenvalue weighted by Gasteiger charge is 2.47. The first-order chi connectivity index (χ1) is 15.0. The van der Waals surface area contributed by atoms with E-state index in [4.69, 9.17) is 4.74 Å². The van der Waals surface area contributed by atoms with Crippen molar-refractivity contribution in [2.75, 3.05) is 39.4 Å². The fourth-order valence-corrected chi connectivity index (χ4v) is 4.19. The van der Waals surface area contributed by atoms with Gasteiger partial charge in [0, 0.05) is 11.1 Å². The molecule has 2 aromatic rings. The molecule has 0 spiro atoms. The van der Waals surface area contributed by atoms with Gasteiger partial charge in [-0.15, -0.1) is 0 Å². The number of hydrogen-bond donors (Lipinski definition) is 2. The summed E-state index contributed by atoms with van der Waals surface area (Å²) in [4.78, 5) is 28.6. The van der Waals surface area contributed by atoms with E-state index in [-0.39, 0.29) is 23.4 Å². The maximum Gasteiger partial charge on any atom is 0.295 e. The monoisotopic (exact) mass is 425 g/mol. The molecule has 0 aromatic heterocycles. The van der Waals surface area contributed by atoms with Crippen LogP contribution in [0.2, 0.25) is 0 Å².